The Balaban J connectivity index is 2.94. The van der Waals surface area contributed by atoms with E-state index < -0.39 is 0 Å². The number of allylic oxidation sites excluding steroid dienone is 5. The highest BCUT2D eigenvalue weighted by molar-refractivity contribution is 6.31. The lowest BCUT2D eigenvalue weighted by atomic mass is 10.1. The second-order valence-corrected chi connectivity index (χ2v) is 3.34. The number of ether oxygens (including phenoxy) is 1. The van der Waals surface area contributed by atoms with Crippen molar-refractivity contribution < 1.29 is 9.53 Å². The van der Waals surface area contributed by atoms with Gasteiger partial charge in [0.25, 0.3) is 0 Å². The van der Waals surface area contributed by atoms with Gasteiger partial charge in [0.15, 0.2) is 0 Å². The van der Waals surface area contributed by atoms with Gasteiger partial charge in [-0.3, -0.25) is 0 Å². The van der Waals surface area contributed by atoms with Crippen LogP contribution in [0.2, 0.25) is 0 Å². The zero-order chi connectivity index (χ0) is 9.84. The minimum Gasteiger partial charge on any atom is -0.466 e. The van der Waals surface area contributed by atoms with Gasteiger partial charge in [0, 0.05) is 17.0 Å². The lowest BCUT2D eigenvalue weighted by molar-refractivity contribution is -0.136. The molecule has 3 heteroatoms. The fraction of sp³-hybridized carbons (Fsp3) is 0.300. The number of halogens is 1. The second kappa shape index (κ2) is 4.28. The summed E-state index contributed by atoms with van der Waals surface area (Å²) in [4.78, 5) is 11.2. The van der Waals surface area contributed by atoms with Gasteiger partial charge >= 0.3 is 5.97 Å². The van der Waals surface area contributed by atoms with Gasteiger partial charge in [-0.2, -0.15) is 0 Å². The maximum absolute atomic E-state index is 11.2. The molecule has 0 saturated heterocycles. The fourth-order valence-corrected chi connectivity index (χ4v) is 1.30. The summed E-state index contributed by atoms with van der Waals surface area (Å²) in [5, 5.41) is 0.553. The summed E-state index contributed by atoms with van der Waals surface area (Å²) in [5.74, 6) is -0.318. The van der Waals surface area contributed by atoms with E-state index >= 15 is 0 Å². The molecule has 0 N–H and O–H groups in total. The third-order valence-electron chi connectivity index (χ3n) is 1.76. The Kier molecular flexibility index (Phi) is 3.32. The molecule has 0 aliphatic heterocycles. The molecular formula is C10H11ClO2. The van der Waals surface area contributed by atoms with Crippen molar-refractivity contribution in [3.8, 4) is 0 Å². The van der Waals surface area contributed by atoms with Crippen LogP contribution in [0.3, 0.4) is 0 Å². The van der Waals surface area contributed by atoms with E-state index in [4.69, 9.17) is 11.6 Å². The Bertz CT molecular complexity index is 311. The molecule has 0 bridgehead atoms. The lowest BCUT2D eigenvalue weighted by Gasteiger charge is -2.03. The molecule has 1 rings (SSSR count). The molecule has 1 aliphatic rings. The van der Waals surface area contributed by atoms with Crippen molar-refractivity contribution in [2.24, 2.45) is 0 Å². The lowest BCUT2D eigenvalue weighted by Crippen LogP contribution is -2.04. The maximum Gasteiger partial charge on any atom is 0.334 e. The fourth-order valence-electron chi connectivity index (χ4n) is 1.11. The zero-order valence-electron chi connectivity index (χ0n) is 7.63. The van der Waals surface area contributed by atoms with E-state index in [1.807, 2.05) is 13.0 Å². The van der Waals surface area contributed by atoms with Crippen molar-refractivity contribution in [2.45, 2.75) is 13.3 Å². The van der Waals surface area contributed by atoms with Gasteiger partial charge < -0.3 is 4.74 Å². The first-order valence-corrected chi connectivity index (χ1v) is 4.33. The summed E-state index contributed by atoms with van der Waals surface area (Å²) in [5.41, 5.74) is 1.68. The molecule has 2 nitrogen and oxygen atoms in total. The largest absolute Gasteiger partial charge is 0.466 e. The van der Waals surface area contributed by atoms with Crippen LogP contribution in [-0.2, 0) is 9.53 Å². The van der Waals surface area contributed by atoms with Crippen LogP contribution < -0.4 is 0 Å². The highest BCUT2D eigenvalue weighted by Crippen LogP contribution is 2.20. The van der Waals surface area contributed by atoms with Crippen molar-refractivity contribution in [3.63, 3.8) is 0 Å². The Labute approximate surface area is 82.5 Å². The summed E-state index contributed by atoms with van der Waals surface area (Å²) in [7, 11) is 1.37. The minimum atomic E-state index is -0.318. The van der Waals surface area contributed by atoms with Gasteiger partial charge in [-0.15, -0.1) is 0 Å². The first kappa shape index (κ1) is 10.1. The highest BCUT2D eigenvalue weighted by Gasteiger charge is 2.11. The van der Waals surface area contributed by atoms with Crippen LogP contribution in [-0.4, -0.2) is 13.1 Å². The zero-order valence-corrected chi connectivity index (χ0v) is 8.39. The predicted octanol–water partition coefficient (Wildman–Crippen LogP) is 2.56. The molecular weight excluding hydrogens is 188 g/mol. The van der Waals surface area contributed by atoms with Crippen molar-refractivity contribution in [3.05, 3.63) is 34.4 Å². The average Bonchev–Trinajstić information content (AvgIpc) is 2.27. The number of hydrogen-bond acceptors (Lipinski definition) is 2. The molecule has 0 amide bonds. The molecule has 1 aliphatic carbocycles. The Morgan fingerprint density at radius 3 is 2.85 bits per heavy atom. The van der Waals surface area contributed by atoms with Crippen LogP contribution in [0.4, 0.5) is 0 Å². The molecule has 0 spiro atoms. The number of hydrogen-bond donors (Lipinski definition) is 0. The van der Waals surface area contributed by atoms with Gasteiger partial charge in [0.05, 0.1) is 7.11 Å². The van der Waals surface area contributed by atoms with Gasteiger partial charge in [-0.25, -0.2) is 4.79 Å². The molecule has 0 fully saturated rings. The van der Waals surface area contributed by atoms with Crippen molar-refractivity contribution in [1.82, 2.24) is 0 Å². The summed E-state index contributed by atoms with van der Waals surface area (Å²) in [6.45, 7) is 1.95. The van der Waals surface area contributed by atoms with E-state index in [0.29, 0.717) is 17.0 Å². The van der Waals surface area contributed by atoms with Crippen LogP contribution in [0.15, 0.2) is 34.4 Å². The van der Waals surface area contributed by atoms with Crippen LogP contribution in [0, 0.1) is 0 Å². The second-order valence-electron chi connectivity index (χ2n) is 2.90. The third-order valence-corrected chi connectivity index (χ3v) is 1.99. The summed E-state index contributed by atoms with van der Waals surface area (Å²) < 4.78 is 4.62. The molecule has 0 aromatic carbocycles. The first-order valence-electron chi connectivity index (χ1n) is 3.95. The smallest absolute Gasteiger partial charge is 0.334 e. The summed E-state index contributed by atoms with van der Waals surface area (Å²) in [6, 6.07) is 0. The van der Waals surface area contributed by atoms with Crippen LogP contribution in [0.1, 0.15) is 13.3 Å². The molecule has 70 valence electrons. The molecule has 0 saturated carbocycles. The third kappa shape index (κ3) is 2.74. The number of esters is 1. The summed E-state index contributed by atoms with van der Waals surface area (Å²) in [6.07, 6.45) is 5.90. The van der Waals surface area contributed by atoms with Crippen molar-refractivity contribution >= 4 is 17.6 Å². The van der Waals surface area contributed by atoms with Crippen molar-refractivity contribution in [2.75, 3.05) is 7.11 Å². The van der Waals surface area contributed by atoms with Crippen molar-refractivity contribution in [1.29, 1.82) is 0 Å². The van der Waals surface area contributed by atoms with Gasteiger partial charge in [0.2, 0.25) is 0 Å². The maximum atomic E-state index is 11.2. The molecule has 0 aromatic rings. The SMILES string of the molecule is COC(=O)C1=CC(Cl)=CC=C(C)C1. The predicted molar refractivity (Wildman–Crippen MR) is 52.4 cm³/mol. The normalized spacial score (nSPS) is 16.7. The molecule has 13 heavy (non-hydrogen) atoms. The van der Waals surface area contributed by atoms with Crippen LogP contribution in [0.5, 0.6) is 0 Å². The number of methoxy groups -OCH3 is 1. The number of carbonyl (C=O) groups is 1. The first-order chi connectivity index (χ1) is 6.13. The Morgan fingerprint density at radius 1 is 1.54 bits per heavy atom. The van der Waals surface area contributed by atoms with E-state index in [1.165, 1.54) is 7.11 Å². The molecule has 0 atom stereocenters. The molecule has 0 aromatic heterocycles. The molecule has 0 heterocycles. The Morgan fingerprint density at radius 2 is 2.23 bits per heavy atom. The molecule has 0 radical (unpaired) electrons. The van der Waals surface area contributed by atoms with E-state index in [1.54, 1.807) is 12.2 Å². The van der Waals surface area contributed by atoms with Gasteiger partial charge in [-0.1, -0.05) is 23.3 Å². The quantitative estimate of drug-likeness (QED) is 0.606. The van der Waals surface area contributed by atoms with E-state index in [0.717, 1.165) is 5.57 Å². The van der Waals surface area contributed by atoms with Crippen LogP contribution in [0.25, 0.3) is 0 Å². The summed E-state index contributed by atoms with van der Waals surface area (Å²) >= 11 is 5.81. The standard InChI is InChI=1S/C10H11ClO2/c1-7-3-4-9(11)6-8(5-7)10(12)13-2/h3-4,6H,5H2,1-2H3. The Hall–Kier alpha value is -1.02. The number of rotatable bonds is 1. The number of carbonyl (C=O) groups excluding carboxylic acids is 1. The minimum absolute atomic E-state index is 0.318. The monoisotopic (exact) mass is 198 g/mol. The van der Waals surface area contributed by atoms with Gasteiger partial charge in [-0.05, 0) is 19.1 Å². The van der Waals surface area contributed by atoms with Crippen LogP contribution >= 0.6 is 11.6 Å². The average molecular weight is 199 g/mol. The van der Waals surface area contributed by atoms with E-state index in [2.05, 4.69) is 4.74 Å². The topological polar surface area (TPSA) is 26.3 Å². The van der Waals surface area contributed by atoms with E-state index in [-0.39, 0.29) is 5.97 Å². The van der Waals surface area contributed by atoms with E-state index in [9.17, 15) is 4.79 Å². The van der Waals surface area contributed by atoms with Gasteiger partial charge in [0.1, 0.15) is 0 Å². The highest BCUT2D eigenvalue weighted by atomic mass is 35.5. The molecule has 0 unspecified atom stereocenters.